The van der Waals surface area contributed by atoms with Gasteiger partial charge >= 0.3 is 0 Å². The molecule has 0 bridgehead atoms. The van der Waals surface area contributed by atoms with E-state index < -0.39 is 5.41 Å². The molecule has 0 unspecified atom stereocenters. The fourth-order valence-corrected chi connectivity index (χ4v) is 4.87. The van der Waals surface area contributed by atoms with E-state index in [2.05, 4.69) is 78.9 Å². The Hall–Kier alpha value is -2.72. The average molecular weight is 413 g/mol. The van der Waals surface area contributed by atoms with Crippen LogP contribution in [-0.2, 0) is 5.41 Å². The molecule has 0 heterocycles. The lowest BCUT2D eigenvalue weighted by molar-refractivity contribution is 0.768. The van der Waals surface area contributed by atoms with Crippen molar-refractivity contribution in [3.63, 3.8) is 0 Å². The van der Waals surface area contributed by atoms with Gasteiger partial charge in [-0.25, -0.2) is 0 Å². The van der Waals surface area contributed by atoms with E-state index in [-0.39, 0.29) is 0 Å². The molecule has 0 spiro atoms. The summed E-state index contributed by atoms with van der Waals surface area (Å²) in [6.07, 6.45) is 0. The van der Waals surface area contributed by atoms with Gasteiger partial charge in [0, 0.05) is 15.6 Å². The Morgan fingerprint density at radius 2 is 1.34 bits per heavy atom. The summed E-state index contributed by atoms with van der Waals surface area (Å²) < 4.78 is 0. The van der Waals surface area contributed by atoms with Crippen LogP contribution in [0.15, 0.2) is 72.8 Å². The highest BCUT2D eigenvalue weighted by atomic mass is 35.5. The van der Waals surface area contributed by atoms with Crippen molar-refractivity contribution in [3.8, 4) is 11.1 Å². The van der Waals surface area contributed by atoms with Crippen molar-refractivity contribution in [1.82, 2.24) is 0 Å². The molecule has 29 heavy (non-hydrogen) atoms. The second-order valence-corrected chi connectivity index (χ2v) is 8.43. The number of hydrogen-bond donors (Lipinski definition) is 0. The smallest absolute Gasteiger partial charge is 0.0793 e. The Morgan fingerprint density at radius 1 is 0.724 bits per heavy atom. The molecular formula is C27H18Cl2. The van der Waals surface area contributed by atoms with E-state index in [0.717, 1.165) is 37.9 Å². The maximum Gasteiger partial charge on any atom is 0.0793 e. The maximum absolute atomic E-state index is 6.61. The highest BCUT2D eigenvalue weighted by Gasteiger charge is 2.46. The molecule has 1 aliphatic rings. The third-order valence-corrected chi connectivity index (χ3v) is 6.82. The van der Waals surface area contributed by atoms with E-state index >= 15 is 0 Å². The molecule has 4 aromatic carbocycles. The number of halogens is 2. The van der Waals surface area contributed by atoms with Gasteiger partial charge in [-0.15, -0.1) is 0 Å². The van der Waals surface area contributed by atoms with Gasteiger partial charge in [-0.2, -0.15) is 0 Å². The molecule has 0 radical (unpaired) electrons. The van der Waals surface area contributed by atoms with Crippen LogP contribution in [0.3, 0.4) is 0 Å². The van der Waals surface area contributed by atoms with E-state index in [1.807, 2.05) is 19.9 Å². The van der Waals surface area contributed by atoms with E-state index in [1.165, 1.54) is 16.7 Å². The number of benzene rings is 3. The van der Waals surface area contributed by atoms with Gasteiger partial charge in [0.05, 0.1) is 5.41 Å². The number of fused-ring (bicyclic) bond motifs is 3. The van der Waals surface area contributed by atoms with Crippen LogP contribution < -0.4 is 0 Å². The molecule has 0 N–H and O–H groups in total. The Morgan fingerprint density at radius 3 is 1.97 bits per heavy atom. The minimum atomic E-state index is -0.543. The third kappa shape index (κ3) is 2.55. The van der Waals surface area contributed by atoms with Crippen LogP contribution in [0.2, 0.25) is 10.0 Å². The number of rotatable bonds is 2. The van der Waals surface area contributed by atoms with Crippen molar-refractivity contribution in [2.45, 2.75) is 19.3 Å². The zero-order chi connectivity index (χ0) is 20.2. The fraction of sp³-hybridized carbons (Fsp3) is 0.111. The largest absolute Gasteiger partial charge is 0.0840 e. The number of aryl methyl sites for hydroxylation is 2. The molecule has 4 aromatic rings. The summed E-state index contributed by atoms with van der Waals surface area (Å²) in [7, 11) is 0. The van der Waals surface area contributed by atoms with Crippen LogP contribution in [0.4, 0.5) is 0 Å². The summed E-state index contributed by atoms with van der Waals surface area (Å²) >= 11 is 13.2. The first kappa shape index (κ1) is 18.3. The van der Waals surface area contributed by atoms with Crippen molar-refractivity contribution in [2.75, 3.05) is 0 Å². The topological polar surface area (TPSA) is 0 Å². The van der Waals surface area contributed by atoms with Crippen LogP contribution in [0, 0.1) is 26.0 Å². The van der Waals surface area contributed by atoms with E-state index in [1.54, 1.807) is 0 Å². The summed E-state index contributed by atoms with van der Waals surface area (Å²) in [6, 6.07) is 31.9. The Labute approximate surface area is 181 Å². The summed E-state index contributed by atoms with van der Waals surface area (Å²) in [5, 5.41) is 1.51. The van der Waals surface area contributed by atoms with Crippen LogP contribution >= 0.6 is 23.2 Å². The summed E-state index contributed by atoms with van der Waals surface area (Å²) in [6.45, 7) is 4.05. The zero-order valence-corrected chi connectivity index (χ0v) is 17.7. The monoisotopic (exact) mass is 412 g/mol. The molecule has 140 valence electrons. The lowest BCUT2D eigenvalue weighted by Crippen LogP contribution is -2.28. The lowest BCUT2D eigenvalue weighted by Gasteiger charge is -2.33. The molecule has 0 fully saturated rings. The Kier molecular flexibility index (Phi) is 4.21. The average Bonchev–Trinajstić information content (AvgIpc) is 3.04. The van der Waals surface area contributed by atoms with Crippen LogP contribution in [0.25, 0.3) is 11.1 Å². The predicted octanol–water partition coefficient (Wildman–Crippen LogP) is 7.57. The van der Waals surface area contributed by atoms with Crippen LogP contribution in [0.5, 0.6) is 0 Å². The minimum Gasteiger partial charge on any atom is -0.0840 e. The molecular weight excluding hydrogens is 395 g/mol. The van der Waals surface area contributed by atoms with Crippen molar-refractivity contribution in [2.24, 2.45) is 0 Å². The Bertz CT molecular complexity index is 1150. The van der Waals surface area contributed by atoms with Gasteiger partial charge in [-0.1, -0.05) is 83.9 Å². The van der Waals surface area contributed by atoms with Crippen molar-refractivity contribution >= 4 is 23.2 Å². The van der Waals surface area contributed by atoms with Gasteiger partial charge in [0.25, 0.3) is 0 Å². The molecule has 0 atom stereocenters. The first-order valence-electron chi connectivity index (χ1n) is 9.59. The maximum atomic E-state index is 6.61. The van der Waals surface area contributed by atoms with Gasteiger partial charge in [-0.05, 0) is 77.1 Å². The predicted molar refractivity (Wildman–Crippen MR) is 121 cm³/mol. The van der Waals surface area contributed by atoms with E-state index in [9.17, 15) is 0 Å². The second-order valence-electron chi connectivity index (χ2n) is 7.61. The highest BCUT2D eigenvalue weighted by Crippen LogP contribution is 2.55. The lowest BCUT2D eigenvalue weighted by atomic mass is 9.68. The highest BCUT2D eigenvalue weighted by molar-refractivity contribution is 6.31. The molecule has 0 saturated carbocycles. The van der Waals surface area contributed by atoms with Gasteiger partial charge in [0.2, 0.25) is 0 Å². The molecule has 0 aliphatic heterocycles. The van der Waals surface area contributed by atoms with Gasteiger partial charge in [-0.3, -0.25) is 0 Å². The van der Waals surface area contributed by atoms with E-state index in [4.69, 9.17) is 23.2 Å². The second kappa shape index (κ2) is 6.67. The van der Waals surface area contributed by atoms with Crippen LogP contribution in [-0.4, -0.2) is 0 Å². The Balaban J connectivity index is 1.97. The molecule has 0 saturated heterocycles. The van der Waals surface area contributed by atoms with Gasteiger partial charge < -0.3 is 0 Å². The first-order valence-corrected chi connectivity index (χ1v) is 10.3. The quantitative estimate of drug-likeness (QED) is 0.280. The normalized spacial score (nSPS) is 13.5. The summed E-state index contributed by atoms with van der Waals surface area (Å²) in [5.41, 5.74) is 8.47. The standard InChI is InChI=1S/C27H18Cl2/c1-17-11-13-19(15-25(17)28)27(20-14-12-18(2)26(29)16-20)23-9-5-3-7-21(23)22-8-4-6-10-24(22)27/h3-5,7-9,11-16H,1-2H3. The van der Waals surface area contributed by atoms with Gasteiger partial charge in [0.1, 0.15) is 0 Å². The zero-order valence-electron chi connectivity index (χ0n) is 16.2. The SMILES string of the molecule is Cc1ccc(C2(c3ccc(C)c(Cl)c3)c3c#cccc3-c3ccccc32)cc1Cl. The van der Waals surface area contributed by atoms with Crippen LogP contribution in [0.1, 0.15) is 33.4 Å². The van der Waals surface area contributed by atoms with Crippen molar-refractivity contribution < 1.29 is 0 Å². The first-order chi connectivity index (χ1) is 14.0. The number of hydrogen-bond acceptors (Lipinski definition) is 0. The fourth-order valence-electron chi connectivity index (χ4n) is 4.51. The summed E-state index contributed by atoms with van der Waals surface area (Å²) in [4.78, 5) is 0. The molecule has 1 aliphatic carbocycles. The molecule has 0 amide bonds. The molecule has 0 aromatic heterocycles. The van der Waals surface area contributed by atoms with Gasteiger partial charge in [0.15, 0.2) is 0 Å². The summed E-state index contributed by atoms with van der Waals surface area (Å²) in [5.74, 6) is 0. The molecule has 5 rings (SSSR count). The van der Waals surface area contributed by atoms with Crippen molar-refractivity contribution in [3.05, 3.63) is 128 Å². The molecule has 2 heteroatoms. The minimum absolute atomic E-state index is 0.543. The van der Waals surface area contributed by atoms with Crippen molar-refractivity contribution in [1.29, 1.82) is 0 Å². The van der Waals surface area contributed by atoms with E-state index in [0.29, 0.717) is 0 Å². The third-order valence-electron chi connectivity index (χ3n) is 6.01. The molecule has 0 nitrogen and oxygen atoms in total.